The van der Waals surface area contributed by atoms with Crippen molar-refractivity contribution >= 4 is 16.9 Å². The molecule has 2 aliphatic heterocycles. The summed E-state index contributed by atoms with van der Waals surface area (Å²) in [6, 6.07) is 5.55. The molecule has 10 heteroatoms. The minimum atomic E-state index is -0.619. The summed E-state index contributed by atoms with van der Waals surface area (Å²) in [5, 5.41) is 3.71. The molecule has 0 bridgehead atoms. The first kappa shape index (κ1) is 22.6. The average Bonchev–Trinajstić information content (AvgIpc) is 3.41. The molecule has 0 saturated carbocycles. The van der Waals surface area contributed by atoms with Crippen LogP contribution in [0.3, 0.4) is 0 Å². The lowest BCUT2D eigenvalue weighted by Crippen LogP contribution is -2.47. The lowest BCUT2D eigenvalue weighted by molar-refractivity contribution is -0.135. The molecule has 5 rings (SSSR count). The van der Waals surface area contributed by atoms with E-state index in [1.807, 2.05) is 21.6 Å². The van der Waals surface area contributed by atoms with Crippen molar-refractivity contribution in [2.75, 3.05) is 32.7 Å². The van der Waals surface area contributed by atoms with Gasteiger partial charge in [0.1, 0.15) is 0 Å². The number of carbonyl (C=O) groups is 1. The van der Waals surface area contributed by atoms with E-state index >= 15 is 0 Å². The van der Waals surface area contributed by atoms with E-state index in [2.05, 4.69) is 38.4 Å². The molecule has 2 aliphatic rings. The molecule has 2 saturated heterocycles. The molecule has 2 aromatic heterocycles. The molecule has 1 aromatic carbocycles. The van der Waals surface area contributed by atoms with Crippen molar-refractivity contribution in [3.63, 3.8) is 0 Å². The summed E-state index contributed by atoms with van der Waals surface area (Å²) in [5.74, 6) is -0.0723. The van der Waals surface area contributed by atoms with Crippen molar-refractivity contribution in [3.05, 3.63) is 39.2 Å². The van der Waals surface area contributed by atoms with Crippen LogP contribution in [-0.4, -0.2) is 68.1 Å². The van der Waals surface area contributed by atoms with Crippen molar-refractivity contribution in [1.29, 1.82) is 0 Å². The Kier molecular flexibility index (Phi) is 5.93. The van der Waals surface area contributed by atoms with Gasteiger partial charge in [0, 0.05) is 37.8 Å². The van der Waals surface area contributed by atoms with Crippen molar-refractivity contribution < 1.29 is 9.32 Å². The minimum absolute atomic E-state index is 0.0746. The number of amides is 1. The van der Waals surface area contributed by atoms with Gasteiger partial charge < -0.3 is 9.88 Å². The highest BCUT2D eigenvalue weighted by Crippen LogP contribution is 2.34. The van der Waals surface area contributed by atoms with E-state index in [0.29, 0.717) is 28.9 Å². The predicted octanol–water partition coefficient (Wildman–Crippen LogP) is 2.35. The fourth-order valence-corrected chi connectivity index (χ4v) is 5.27. The van der Waals surface area contributed by atoms with Crippen molar-refractivity contribution in [2.24, 2.45) is 5.41 Å². The number of nitrogens with one attached hydrogen (secondary N) is 2. The van der Waals surface area contributed by atoms with E-state index in [-0.39, 0.29) is 17.6 Å². The second-order valence-electron chi connectivity index (χ2n) is 10.0. The van der Waals surface area contributed by atoms with E-state index in [4.69, 9.17) is 0 Å². The zero-order valence-electron chi connectivity index (χ0n) is 19.8. The lowest BCUT2D eigenvalue weighted by atomic mass is 9.78. The molecule has 2 fully saturated rings. The maximum absolute atomic E-state index is 12.8. The summed E-state index contributed by atoms with van der Waals surface area (Å²) in [7, 11) is 0. The molecule has 0 aliphatic carbocycles. The lowest BCUT2D eigenvalue weighted by Gasteiger charge is -2.40. The largest absolute Gasteiger partial charge is 0.439 e. The normalized spacial score (nSPS) is 19.6. The fourth-order valence-electron chi connectivity index (χ4n) is 5.27. The van der Waals surface area contributed by atoms with Crippen molar-refractivity contribution in [2.45, 2.75) is 52.0 Å². The number of nitrogens with zero attached hydrogens (tertiary/aromatic N) is 4. The van der Waals surface area contributed by atoms with Gasteiger partial charge >= 0.3 is 11.4 Å². The monoisotopic (exact) mass is 468 g/mol. The van der Waals surface area contributed by atoms with Gasteiger partial charge in [-0.3, -0.25) is 23.8 Å². The standard InChI is InChI=1S/C24H32N6O4/c1-3-24(2)8-12-29(13-9-24)20(31)15-28-10-6-17(7-11-28)30-19-5-4-16(14-18(19)25-22(30)32)21-26-23(33)34-27-21/h4-5,14,17H,3,6-13,15H2,1-2H3,(H,25,32)(H,26,27,33). The summed E-state index contributed by atoms with van der Waals surface area (Å²) >= 11 is 0. The quantitative estimate of drug-likeness (QED) is 0.593. The highest BCUT2D eigenvalue weighted by molar-refractivity contribution is 5.81. The molecule has 10 nitrogen and oxygen atoms in total. The van der Waals surface area contributed by atoms with Crippen LogP contribution in [0.15, 0.2) is 32.3 Å². The van der Waals surface area contributed by atoms with Gasteiger partial charge in [-0.1, -0.05) is 25.4 Å². The van der Waals surface area contributed by atoms with Crippen LogP contribution in [0.1, 0.15) is 52.0 Å². The number of benzene rings is 1. The number of likely N-dealkylation sites (tertiary alicyclic amines) is 2. The first-order valence-electron chi connectivity index (χ1n) is 12.2. The molecule has 0 radical (unpaired) electrons. The number of piperidine rings is 2. The number of carbonyl (C=O) groups excluding carboxylic acids is 1. The highest BCUT2D eigenvalue weighted by Gasteiger charge is 2.31. The number of aromatic amines is 2. The topological polar surface area (TPSA) is 120 Å². The van der Waals surface area contributed by atoms with E-state index in [1.165, 1.54) is 0 Å². The van der Waals surface area contributed by atoms with Crippen molar-refractivity contribution in [1.82, 2.24) is 29.5 Å². The third kappa shape index (κ3) is 4.34. The SMILES string of the molecule is CCC1(C)CCN(C(=O)CN2CCC(n3c(=O)[nH]c4cc(-c5noc(=O)[nH]5)ccc43)CC2)CC1. The number of aromatic nitrogens is 4. The summed E-state index contributed by atoms with van der Waals surface area (Å²) in [6.07, 6.45) is 4.94. The highest BCUT2D eigenvalue weighted by atomic mass is 16.5. The number of rotatable bonds is 5. The second kappa shape index (κ2) is 8.90. The zero-order valence-corrected chi connectivity index (χ0v) is 19.8. The Balaban J connectivity index is 1.22. The van der Waals surface area contributed by atoms with Crippen LogP contribution >= 0.6 is 0 Å². The number of hydrogen-bond donors (Lipinski definition) is 2. The average molecular weight is 469 g/mol. The molecule has 1 amide bonds. The van der Waals surface area contributed by atoms with Crippen LogP contribution in [-0.2, 0) is 4.79 Å². The molecule has 3 aromatic rings. The van der Waals surface area contributed by atoms with E-state index in [1.54, 1.807) is 6.07 Å². The summed E-state index contributed by atoms with van der Waals surface area (Å²) in [6.45, 7) is 8.30. The first-order chi connectivity index (χ1) is 16.3. The Hall–Kier alpha value is -3.14. The molecule has 0 unspecified atom stereocenters. The van der Waals surface area contributed by atoms with Crippen molar-refractivity contribution in [3.8, 4) is 11.4 Å². The number of fused-ring (bicyclic) bond motifs is 1. The van der Waals surface area contributed by atoms with E-state index in [0.717, 1.165) is 63.8 Å². The van der Waals surface area contributed by atoms with Crippen LogP contribution in [0, 0.1) is 5.41 Å². The van der Waals surface area contributed by atoms with Gasteiger partial charge in [0.05, 0.1) is 17.6 Å². The van der Waals surface area contributed by atoms with Gasteiger partial charge in [0.25, 0.3) is 0 Å². The smallest absolute Gasteiger partial charge is 0.342 e. The maximum atomic E-state index is 12.8. The molecule has 0 spiro atoms. The Morgan fingerprint density at radius 3 is 2.53 bits per heavy atom. The third-order valence-electron chi connectivity index (χ3n) is 7.89. The van der Waals surface area contributed by atoms with Crippen LogP contribution < -0.4 is 11.4 Å². The first-order valence-corrected chi connectivity index (χ1v) is 12.2. The Morgan fingerprint density at radius 1 is 1.15 bits per heavy atom. The molecular formula is C24H32N6O4. The van der Waals surface area contributed by atoms with E-state index in [9.17, 15) is 14.4 Å². The van der Waals surface area contributed by atoms with Gasteiger partial charge in [0.15, 0.2) is 5.82 Å². The Morgan fingerprint density at radius 2 is 1.88 bits per heavy atom. The molecule has 0 atom stereocenters. The molecule has 182 valence electrons. The third-order valence-corrected chi connectivity index (χ3v) is 7.89. The molecule has 34 heavy (non-hydrogen) atoms. The minimum Gasteiger partial charge on any atom is -0.342 e. The van der Waals surface area contributed by atoms with Crippen LogP contribution in [0.4, 0.5) is 0 Å². The van der Waals surface area contributed by atoms with Crippen LogP contribution in [0.5, 0.6) is 0 Å². The molecule has 4 heterocycles. The predicted molar refractivity (Wildman–Crippen MR) is 128 cm³/mol. The van der Waals surface area contributed by atoms with E-state index < -0.39 is 5.76 Å². The fraction of sp³-hybridized carbons (Fsp3) is 0.583. The number of H-pyrrole nitrogens is 2. The Labute approximate surface area is 196 Å². The summed E-state index contributed by atoms with van der Waals surface area (Å²) in [5.41, 5.74) is 2.39. The van der Waals surface area contributed by atoms with Crippen LogP contribution in [0.2, 0.25) is 0 Å². The molecular weight excluding hydrogens is 436 g/mol. The van der Waals surface area contributed by atoms with Gasteiger partial charge in [-0.15, -0.1) is 0 Å². The summed E-state index contributed by atoms with van der Waals surface area (Å²) in [4.78, 5) is 46.5. The summed E-state index contributed by atoms with van der Waals surface area (Å²) < 4.78 is 6.39. The number of imidazole rings is 1. The maximum Gasteiger partial charge on any atom is 0.439 e. The van der Waals surface area contributed by atoms with Gasteiger partial charge in [-0.2, -0.15) is 0 Å². The molecule has 2 N–H and O–H groups in total. The van der Waals surface area contributed by atoms with Gasteiger partial charge in [-0.25, -0.2) is 9.59 Å². The Bertz CT molecular complexity index is 1280. The van der Waals surface area contributed by atoms with Gasteiger partial charge in [0.2, 0.25) is 5.91 Å². The second-order valence-corrected chi connectivity index (χ2v) is 10.0. The van der Waals surface area contributed by atoms with Crippen LogP contribution in [0.25, 0.3) is 22.4 Å². The number of hydrogen-bond acceptors (Lipinski definition) is 6. The zero-order chi connectivity index (χ0) is 23.9. The van der Waals surface area contributed by atoms with Gasteiger partial charge in [-0.05, 0) is 49.3 Å².